The van der Waals surface area contributed by atoms with Gasteiger partial charge in [-0.15, -0.1) is 12.6 Å². The molecule has 12 heavy (non-hydrogen) atoms. The van der Waals surface area contributed by atoms with Gasteiger partial charge in [0.25, 0.3) is 0 Å². The van der Waals surface area contributed by atoms with E-state index in [1.165, 1.54) is 0 Å². The Kier molecular flexibility index (Phi) is 3.18. The Bertz CT molecular complexity index is 258. The fraction of sp³-hybridized carbons (Fsp3) is 0.400. The van der Waals surface area contributed by atoms with Crippen LogP contribution in [0.2, 0.25) is 0 Å². The van der Waals surface area contributed by atoms with Crippen LogP contribution in [-0.4, -0.2) is 0 Å². The SMILES string of the molecule is CC(C)[C@H](N)c1cccc(S)c1. The molecule has 1 aromatic carbocycles. The summed E-state index contributed by atoms with van der Waals surface area (Å²) < 4.78 is 0. The van der Waals surface area contributed by atoms with Gasteiger partial charge in [0.15, 0.2) is 0 Å². The maximum atomic E-state index is 5.97. The second-order valence-electron chi connectivity index (χ2n) is 3.36. The van der Waals surface area contributed by atoms with Crippen molar-refractivity contribution in [2.24, 2.45) is 11.7 Å². The molecule has 0 heterocycles. The van der Waals surface area contributed by atoms with E-state index < -0.39 is 0 Å². The van der Waals surface area contributed by atoms with Crippen molar-refractivity contribution >= 4 is 12.6 Å². The third kappa shape index (κ3) is 2.26. The second-order valence-corrected chi connectivity index (χ2v) is 3.88. The van der Waals surface area contributed by atoms with Crippen LogP contribution in [0.1, 0.15) is 25.5 Å². The van der Waals surface area contributed by atoms with Crippen LogP contribution in [-0.2, 0) is 0 Å². The van der Waals surface area contributed by atoms with E-state index in [-0.39, 0.29) is 6.04 Å². The topological polar surface area (TPSA) is 26.0 Å². The van der Waals surface area contributed by atoms with Gasteiger partial charge in [0.2, 0.25) is 0 Å². The van der Waals surface area contributed by atoms with Gasteiger partial charge in [-0.3, -0.25) is 0 Å². The van der Waals surface area contributed by atoms with Crippen molar-refractivity contribution in [3.8, 4) is 0 Å². The lowest BCUT2D eigenvalue weighted by atomic mass is 9.97. The summed E-state index contributed by atoms with van der Waals surface area (Å²) in [6.07, 6.45) is 0. The summed E-state index contributed by atoms with van der Waals surface area (Å²) in [6, 6.07) is 8.13. The van der Waals surface area contributed by atoms with Crippen molar-refractivity contribution in [1.29, 1.82) is 0 Å². The summed E-state index contributed by atoms with van der Waals surface area (Å²) in [6.45, 7) is 4.24. The molecule has 0 aromatic heterocycles. The molecular weight excluding hydrogens is 166 g/mol. The van der Waals surface area contributed by atoms with Crippen molar-refractivity contribution in [2.45, 2.75) is 24.8 Å². The van der Waals surface area contributed by atoms with Gasteiger partial charge in [-0.05, 0) is 23.6 Å². The van der Waals surface area contributed by atoms with Crippen molar-refractivity contribution in [3.63, 3.8) is 0 Å². The molecule has 2 N–H and O–H groups in total. The Balaban J connectivity index is 2.88. The van der Waals surface area contributed by atoms with Crippen molar-refractivity contribution in [2.75, 3.05) is 0 Å². The fourth-order valence-corrected chi connectivity index (χ4v) is 1.35. The summed E-state index contributed by atoms with van der Waals surface area (Å²) >= 11 is 4.26. The predicted octanol–water partition coefficient (Wildman–Crippen LogP) is 2.63. The minimum Gasteiger partial charge on any atom is -0.324 e. The van der Waals surface area contributed by atoms with Gasteiger partial charge in [0.05, 0.1) is 0 Å². The predicted molar refractivity (Wildman–Crippen MR) is 55.5 cm³/mol. The standard InChI is InChI=1S/C10H15NS/c1-7(2)10(11)8-4-3-5-9(12)6-8/h3-7,10,12H,11H2,1-2H3/t10-/m0/s1. The van der Waals surface area contributed by atoms with Crippen LogP contribution in [0, 0.1) is 5.92 Å². The average Bonchev–Trinajstić information content (AvgIpc) is 2.03. The molecule has 1 aromatic rings. The number of thiol groups is 1. The molecule has 0 fully saturated rings. The van der Waals surface area contributed by atoms with Gasteiger partial charge < -0.3 is 5.73 Å². The number of nitrogens with two attached hydrogens (primary N) is 1. The van der Waals surface area contributed by atoms with E-state index in [1.54, 1.807) is 0 Å². The Morgan fingerprint density at radius 3 is 2.50 bits per heavy atom. The molecule has 0 aliphatic rings. The summed E-state index contributed by atoms with van der Waals surface area (Å²) in [4.78, 5) is 0.976. The number of rotatable bonds is 2. The molecule has 0 amide bonds. The Labute approximate surface area is 79.4 Å². The number of hydrogen-bond donors (Lipinski definition) is 2. The molecule has 0 unspecified atom stereocenters. The van der Waals surface area contributed by atoms with Gasteiger partial charge in [0.1, 0.15) is 0 Å². The first kappa shape index (κ1) is 9.62. The Hall–Kier alpha value is -0.470. The van der Waals surface area contributed by atoms with Crippen LogP contribution >= 0.6 is 12.6 Å². The van der Waals surface area contributed by atoms with Crippen LogP contribution in [0.15, 0.2) is 29.2 Å². The van der Waals surface area contributed by atoms with E-state index >= 15 is 0 Å². The Morgan fingerprint density at radius 2 is 2.00 bits per heavy atom. The Morgan fingerprint density at radius 1 is 1.33 bits per heavy atom. The maximum absolute atomic E-state index is 5.97. The zero-order chi connectivity index (χ0) is 9.14. The fourth-order valence-electron chi connectivity index (χ4n) is 1.12. The van der Waals surface area contributed by atoms with Gasteiger partial charge >= 0.3 is 0 Å². The average molecular weight is 181 g/mol. The minimum absolute atomic E-state index is 0.122. The first-order chi connectivity index (χ1) is 5.61. The summed E-state index contributed by atoms with van der Waals surface area (Å²) in [5.41, 5.74) is 7.14. The zero-order valence-corrected chi connectivity index (χ0v) is 8.38. The van der Waals surface area contributed by atoms with Crippen LogP contribution in [0.5, 0.6) is 0 Å². The van der Waals surface area contributed by atoms with Crippen molar-refractivity contribution in [3.05, 3.63) is 29.8 Å². The second kappa shape index (κ2) is 3.97. The molecule has 1 nitrogen and oxygen atoms in total. The van der Waals surface area contributed by atoms with E-state index in [0.29, 0.717) is 5.92 Å². The highest BCUT2D eigenvalue weighted by Gasteiger charge is 2.09. The van der Waals surface area contributed by atoms with E-state index in [1.807, 2.05) is 24.3 Å². The smallest absolute Gasteiger partial charge is 0.0318 e. The molecular formula is C10H15NS. The van der Waals surface area contributed by atoms with Crippen molar-refractivity contribution in [1.82, 2.24) is 0 Å². The normalized spacial score (nSPS) is 13.4. The summed E-state index contributed by atoms with van der Waals surface area (Å²) in [7, 11) is 0. The highest BCUT2D eigenvalue weighted by Crippen LogP contribution is 2.20. The molecule has 0 radical (unpaired) electrons. The highest BCUT2D eigenvalue weighted by molar-refractivity contribution is 7.80. The van der Waals surface area contributed by atoms with Gasteiger partial charge in [-0.2, -0.15) is 0 Å². The van der Waals surface area contributed by atoms with Gasteiger partial charge in [0, 0.05) is 10.9 Å². The molecule has 1 atom stereocenters. The van der Waals surface area contributed by atoms with Crippen LogP contribution in [0.4, 0.5) is 0 Å². The summed E-state index contributed by atoms with van der Waals surface area (Å²) in [5, 5.41) is 0. The van der Waals surface area contributed by atoms with Crippen molar-refractivity contribution < 1.29 is 0 Å². The zero-order valence-electron chi connectivity index (χ0n) is 7.49. The highest BCUT2D eigenvalue weighted by atomic mass is 32.1. The monoisotopic (exact) mass is 181 g/mol. The lowest BCUT2D eigenvalue weighted by Gasteiger charge is -2.15. The third-order valence-electron chi connectivity index (χ3n) is 1.97. The molecule has 0 aliphatic carbocycles. The van der Waals surface area contributed by atoms with E-state index in [9.17, 15) is 0 Å². The van der Waals surface area contributed by atoms with Crippen LogP contribution in [0.25, 0.3) is 0 Å². The molecule has 0 saturated carbocycles. The quantitative estimate of drug-likeness (QED) is 0.674. The molecule has 66 valence electrons. The number of hydrogen-bond acceptors (Lipinski definition) is 2. The maximum Gasteiger partial charge on any atom is 0.0318 e. The lowest BCUT2D eigenvalue weighted by molar-refractivity contribution is 0.513. The van der Waals surface area contributed by atoms with Gasteiger partial charge in [-0.1, -0.05) is 26.0 Å². The first-order valence-corrected chi connectivity index (χ1v) is 4.60. The van der Waals surface area contributed by atoms with E-state index in [2.05, 4.69) is 26.5 Å². The minimum atomic E-state index is 0.122. The van der Waals surface area contributed by atoms with E-state index in [0.717, 1.165) is 10.5 Å². The molecule has 2 heteroatoms. The molecule has 0 saturated heterocycles. The summed E-state index contributed by atoms with van der Waals surface area (Å²) in [5.74, 6) is 0.472. The van der Waals surface area contributed by atoms with Crippen LogP contribution < -0.4 is 5.73 Å². The van der Waals surface area contributed by atoms with Crippen LogP contribution in [0.3, 0.4) is 0 Å². The molecule has 0 bridgehead atoms. The molecule has 0 aliphatic heterocycles. The lowest BCUT2D eigenvalue weighted by Crippen LogP contribution is -2.16. The first-order valence-electron chi connectivity index (χ1n) is 4.16. The molecule has 1 rings (SSSR count). The van der Waals surface area contributed by atoms with E-state index in [4.69, 9.17) is 5.73 Å². The van der Waals surface area contributed by atoms with Gasteiger partial charge in [-0.25, -0.2) is 0 Å². The largest absolute Gasteiger partial charge is 0.324 e. The number of benzene rings is 1. The molecule has 0 spiro atoms. The third-order valence-corrected chi connectivity index (χ3v) is 2.25.